The fourth-order valence-corrected chi connectivity index (χ4v) is 3.32. The first kappa shape index (κ1) is 19.7. The number of ether oxygens (including phenoxy) is 1. The Balaban J connectivity index is 1.48. The van der Waals surface area contributed by atoms with Crippen molar-refractivity contribution in [3.05, 3.63) is 60.2 Å². The van der Waals surface area contributed by atoms with Crippen LogP contribution in [0.1, 0.15) is 16.2 Å². The predicted octanol–water partition coefficient (Wildman–Crippen LogP) is 2.35. The summed E-state index contributed by atoms with van der Waals surface area (Å²) >= 11 is 0. The van der Waals surface area contributed by atoms with Crippen LogP contribution in [0.2, 0.25) is 0 Å². The lowest BCUT2D eigenvalue weighted by Crippen LogP contribution is -2.49. The molecule has 30 heavy (non-hydrogen) atoms. The molecule has 1 amide bonds. The van der Waals surface area contributed by atoms with Gasteiger partial charge in [-0.2, -0.15) is 0 Å². The Morgan fingerprint density at radius 3 is 2.37 bits per heavy atom. The number of piperazine rings is 1. The summed E-state index contributed by atoms with van der Waals surface area (Å²) in [6.45, 7) is 3.62. The third-order valence-corrected chi connectivity index (χ3v) is 5.00. The van der Waals surface area contributed by atoms with E-state index in [9.17, 15) is 4.79 Å². The number of anilines is 1. The second-order valence-electron chi connectivity index (χ2n) is 6.91. The summed E-state index contributed by atoms with van der Waals surface area (Å²) in [4.78, 5) is 32.7. The molecular weight excluding hydrogens is 387 g/mol. The standard InChI is InChI=1S/C21H21FN6O2/c1-14-11-24-17(12-23-14)21(29)28-9-7-27(8-10-28)20-18(22)19(25-13-26-20)15-3-5-16(30-2)6-4-15/h3-6,11-13H,7-10H2,1-2H3. The largest absolute Gasteiger partial charge is 0.497 e. The SMILES string of the molecule is COc1ccc(-c2ncnc(N3CCN(C(=O)c4cnc(C)cn4)CC3)c2F)cc1. The number of aromatic nitrogens is 4. The van der Waals surface area contributed by atoms with Crippen LogP contribution in [0.5, 0.6) is 5.75 Å². The van der Waals surface area contributed by atoms with Crippen LogP contribution in [0, 0.1) is 12.7 Å². The molecule has 1 fully saturated rings. The van der Waals surface area contributed by atoms with Gasteiger partial charge in [0.05, 0.1) is 19.0 Å². The average molecular weight is 408 g/mol. The summed E-state index contributed by atoms with van der Waals surface area (Å²) in [7, 11) is 1.58. The number of amides is 1. The first-order valence-electron chi connectivity index (χ1n) is 9.54. The summed E-state index contributed by atoms with van der Waals surface area (Å²) in [5.41, 5.74) is 1.94. The third-order valence-electron chi connectivity index (χ3n) is 5.00. The zero-order valence-electron chi connectivity index (χ0n) is 16.7. The monoisotopic (exact) mass is 408 g/mol. The Labute approximate surface area is 173 Å². The maximum atomic E-state index is 15.2. The predicted molar refractivity (Wildman–Crippen MR) is 109 cm³/mol. The van der Waals surface area contributed by atoms with Crippen LogP contribution in [0.25, 0.3) is 11.3 Å². The van der Waals surface area contributed by atoms with E-state index in [1.165, 1.54) is 12.5 Å². The second kappa shape index (κ2) is 8.40. The molecule has 0 radical (unpaired) electrons. The smallest absolute Gasteiger partial charge is 0.274 e. The molecule has 0 N–H and O–H groups in total. The number of methoxy groups -OCH3 is 1. The lowest BCUT2D eigenvalue weighted by atomic mass is 10.1. The third kappa shape index (κ3) is 3.91. The summed E-state index contributed by atoms with van der Waals surface area (Å²) in [6.07, 6.45) is 4.41. The molecule has 1 aromatic carbocycles. The summed E-state index contributed by atoms with van der Waals surface area (Å²) in [5.74, 6) is 0.265. The van der Waals surface area contributed by atoms with Crippen molar-refractivity contribution in [2.45, 2.75) is 6.92 Å². The number of carbonyl (C=O) groups is 1. The van der Waals surface area contributed by atoms with Gasteiger partial charge in [-0.15, -0.1) is 0 Å². The van der Waals surface area contributed by atoms with Gasteiger partial charge in [-0.3, -0.25) is 9.78 Å². The maximum absolute atomic E-state index is 15.2. The molecule has 0 spiro atoms. The number of aryl methyl sites for hydroxylation is 1. The molecule has 8 nitrogen and oxygen atoms in total. The molecule has 9 heteroatoms. The van der Waals surface area contributed by atoms with E-state index in [1.54, 1.807) is 42.5 Å². The topological polar surface area (TPSA) is 84.3 Å². The molecule has 1 saturated heterocycles. The Morgan fingerprint density at radius 2 is 1.73 bits per heavy atom. The number of hydrogen-bond acceptors (Lipinski definition) is 7. The lowest BCUT2D eigenvalue weighted by Gasteiger charge is -2.35. The minimum absolute atomic E-state index is 0.177. The highest BCUT2D eigenvalue weighted by Gasteiger charge is 2.26. The molecular formula is C21H21FN6O2. The second-order valence-corrected chi connectivity index (χ2v) is 6.91. The van der Waals surface area contributed by atoms with Gasteiger partial charge in [0.1, 0.15) is 23.5 Å². The molecule has 1 aliphatic heterocycles. The van der Waals surface area contributed by atoms with Crippen molar-refractivity contribution in [1.29, 1.82) is 0 Å². The fraction of sp³-hybridized carbons (Fsp3) is 0.286. The molecule has 2 aromatic heterocycles. The Hall–Kier alpha value is -3.62. The molecule has 0 aliphatic carbocycles. The highest BCUT2D eigenvalue weighted by Crippen LogP contribution is 2.28. The minimum atomic E-state index is -0.480. The molecule has 154 valence electrons. The number of nitrogens with zero attached hydrogens (tertiary/aromatic N) is 6. The van der Waals surface area contributed by atoms with E-state index in [0.717, 1.165) is 5.69 Å². The summed E-state index contributed by atoms with van der Waals surface area (Å²) in [6, 6.07) is 7.03. The van der Waals surface area contributed by atoms with E-state index < -0.39 is 5.82 Å². The van der Waals surface area contributed by atoms with E-state index in [-0.39, 0.29) is 17.4 Å². The van der Waals surface area contributed by atoms with Crippen LogP contribution < -0.4 is 9.64 Å². The van der Waals surface area contributed by atoms with Crippen molar-refractivity contribution in [2.75, 3.05) is 38.2 Å². The van der Waals surface area contributed by atoms with E-state index in [4.69, 9.17) is 4.74 Å². The van der Waals surface area contributed by atoms with E-state index in [2.05, 4.69) is 19.9 Å². The Bertz CT molecular complexity index is 1030. The van der Waals surface area contributed by atoms with Gasteiger partial charge >= 0.3 is 0 Å². The van der Waals surface area contributed by atoms with Gasteiger partial charge in [0.2, 0.25) is 0 Å². The lowest BCUT2D eigenvalue weighted by molar-refractivity contribution is 0.0740. The van der Waals surface area contributed by atoms with Gasteiger partial charge in [0, 0.05) is 37.9 Å². The van der Waals surface area contributed by atoms with Crippen LogP contribution in [-0.2, 0) is 0 Å². The average Bonchev–Trinajstić information content (AvgIpc) is 2.79. The van der Waals surface area contributed by atoms with Crippen LogP contribution in [-0.4, -0.2) is 64.0 Å². The molecule has 3 heterocycles. The minimum Gasteiger partial charge on any atom is -0.497 e. The van der Waals surface area contributed by atoms with Crippen molar-refractivity contribution < 1.29 is 13.9 Å². The van der Waals surface area contributed by atoms with Gasteiger partial charge < -0.3 is 14.5 Å². The first-order chi connectivity index (χ1) is 14.6. The van der Waals surface area contributed by atoms with Gasteiger partial charge in [-0.25, -0.2) is 19.3 Å². The molecule has 4 rings (SSSR count). The Kier molecular flexibility index (Phi) is 5.51. The molecule has 0 bridgehead atoms. The zero-order valence-corrected chi connectivity index (χ0v) is 16.7. The van der Waals surface area contributed by atoms with Gasteiger partial charge in [0.25, 0.3) is 5.91 Å². The van der Waals surface area contributed by atoms with Crippen molar-refractivity contribution >= 4 is 11.7 Å². The van der Waals surface area contributed by atoms with Crippen molar-refractivity contribution in [1.82, 2.24) is 24.8 Å². The number of halogens is 1. The quantitative estimate of drug-likeness (QED) is 0.655. The van der Waals surface area contributed by atoms with Crippen LogP contribution >= 0.6 is 0 Å². The molecule has 0 saturated carbocycles. The molecule has 0 atom stereocenters. The van der Waals surface area contributed by atoms with Crippen LogP contribution in [0.4, 0.5) is 10.2 Å². The van der Waals surface area contributed by atoms with Gasteiger partial charge in [0.15, 0.2) is 11.6 Å². The highest BCUT2D eigenvalue weighted by atomic mass is 19.1. The van der Waals surface area contributed by atoms with E-state index >= 15 is 4.39 Å². The number of hydrogen-bond donors (Lipinski definition) is 0. The highest BCUT2D eigenvalue weighted by molar-refractivity contribution is 5.92. The van der Waals surface area contributed by atoms with Crippen molar-refractivity contribution in [3.63, 3.8) is 0 Å². The number of benzene rings is 1. The Morgan fingerprint density at radius 1 is 1.00 bits per heavy atom. The van der Waals surface area contributed by atoms with E-state index in [0.29, 0.717) is 43.2 Å². The van der Waals surface area contributed by atoms with E-state index in [1.807, 2.05) is 11.8 Å². The van der Waals surface area contributed by atoms with Crippen LogP contribution in [0.3, 0.4) is 0 Å². The van der Waals surface area contributed by atoms with Crippen molar-refractivity contribution in [3.8, 4) is 17.0 Å². The maximum Gasteiger partial charge on any atom is 0.274 e. The molecule has 1 aliphatic rings. The molecule has 3 aromatic rings. The van der Waals surface area contributed by atoms with Gasteiger partial charge in [-0.05, 0) is 31.2 Å². The van der Waals surface area contributed by atoms with Crippen molar-refractivity contribution in [2.24, 2.45) is 0 Å². The summed E-state index contributed by atoms with van der Waals surface area (Å²) < 4.78 is 20.3. The molecule has 0 unspecified atom stereocenters. The summed E-state index contributed by atoms with van der Waals surface area (Å²) in [5, 5.41) is 0. The fourth-order valence-electron chi connectivity index (χ4n) is 3.32. The van der Waals surface area contributed by atoms with Gasteiger partial charge in [-0.1, -0.05) is 0 Å². The first-order valence-corrected chi connectivity index (χ1v) is 9.54. The van der Waals surface area contributed by atoms with Crippen LogP contribution in [0.15, 0.2) is 43.0 Å². The normalized spacial score (nSPS) is 14.0. The zero-order chi connectivity index (χ0) is 21.1. The number of rotatable bonds is 4. The number of carbonyl (C=O) groups excluding carboxylic acids is 1.